The van der Waals surface area contributed by atoms with Crippen molar-refractivity contribution in [3.63, 3.8) is 0 Å². The Bertz CT molecular complexity index is 819. The summed E-state index contributed by atoms with van der Waals surface area (Å²) in [5.74, 6) is 0.441. The van der Waals surface area contributed by atoms with Gasteiger partial charge < -0.3 is 14.6 Å². The lowest BCUT2D eigenvalue weighted by Crippen LogP contribution is -2.07. The van der Waals surface area contributed by atoms with Crippen LogP contribution in [0, 0.1) is 17.2 Å². The highest BCUT2D eigenvalue weighted by Crippen LogP contribution is 2.32. The number of aromatic nitrogens is 2. The van der Waals surface area contributed by atoms with E-state index >= 15 is 0 Å². The van der Waals surface area contributed by atoms with Crippen molar-refractivity contribution in [3.8, 4) is 11.8 Å². The third kappa shape index (κ3) is 2.92. The van der Waals surface area contributed by atoms with E-state index in [-0.39, 0.29) is 12.5 Å². The van der Waals surface area contributed by atoms with E-state index in [0.29, 0.717) is 29.7 Å². The van der Waals surface area contributed by atoms with Crippen molar-refractivity contribution >= 4 is 12.4 Å². The molecule has 1 aromatic carbocycles. The predicted molar refractivity (Wildman–Crippen MR) is 78.1 cm³/mol. The first-order chi connectivity index (χ1) is 11.1. The van der Waals surface area contributed by atoms with Crippen molar-refractivity contribution in [1.82, 2.24) is 9.78 Å². The van der Waals surface area contributed by atoms with Crippen LogP contribution in [0.25, 0.3) is 0 Å². The summed E-state index contributed by atoms with van der Waals surface area (Å²) in [6, 6.07) is 5.62. The van der Waals surface area contributed by atoms with Gasteiger partial charge in [0.15, 0.2) is 0 Å². The normalized spacial score (nSPS) is 15.7. The zero-order valence-corrected chi connectivity index (χ0v) is 12.1. The highest BCUT2D eigenvalue weighted by molar-refractivity contribution is 5.66. The van der Waals surface area contributed by atoms with E-state index in [2.05, 4.69) is 11.2 Å². The van der Waals surface area contributed by atoms with Crippen LogP contribution in [0.2, 0.25) is 0 Å². The van der Waals surface area contributed by atoms with Gasteiger partial charge in [0.05, 0.1) is 17.8 Å². The highest BCUT2D eigenvalue weighted by Gasteiger charge is 2.24. The number of carbonyl (C=O) groups is 2. The topological polar surface area (TPSA) is 105 Å². The number of rotatable bonds is 4. The molecule has 7 nitrogen and oxygen atoms in total. The van der Waals surface area contributed by atoms with Crippen LogP contribution in [0.3, 0.4) is 0 Å². The van der Waals surface area contributed by atoms with Gasteiger partial charge in [-0.15, -0.1) is 0 Å². The summed E-state index contributed by atoms with van der Waals surface area (Å²) < 4.78 is 6.44. The second kappa shape index (κ2) is 5.93. The second-order valence-electron chi connectivity index (χ2n) is 5.39. The van der Waals surface area contributed by atoms with E-state index in [4.69, 9.17) is 9.84 Å². The molecule has 0 aliphatic heterocycles. The van der Waals surface area contributed by atoms with Crippen molar-refractivity contribution in [2.24, 2.45) is 5.92 Å². The molecule has 2 aromatic rings. The van der Waals surface area contributed by atoms with Gasteiger partial charge in [-0.1, -0.05) is 0 Å². The molecule has 1 unspecified atom stereocenters. The number of carbonyl (C=O) groups excluding carboxylic acids is 1. The van der Waals surface area contributed by atoms with Crippen molar-refractivity contribution in [3.05, 3.63) is 46.8 Å². The lowest BCUT2D eigenvalue weighted by molar-refractivity contribution is -0.110. The SMILES string of the molecule is N#Cc1cc(OCc2cnn(C(=O)O)c2)cc2c1CC(C=O)C2. The second-order valence-corrected chi connectivity index (χ2v) is 5.39. The maximum Gasteiger partial charge on any atom is 0.432 e. The van der Waals surface area contributed by atoms with Crippen molar-refractivity contribution in [2.75, 3.05) is 0 Å². The van der Waals surface area contributed by atoms with Gasteiger partial charge >= 0.3 is 6.09 Å². The third-order valence-corrected chi connectivity index (χ3v) is 3.81. The largest absolute Gasteiger partial charge is 0.489 e. The van der Waals surface area contributed by atoms with Gasteiger partial charge in [0, 0.05) is 17.7 Å². The number of fused-ring (bicyclic) bond motifs is 1. The van der Waals surface area contributed by atoms with Gasteiger partial charge in [0.25, 0.3) is 0 Å². The van der Waals surface area contributed by atoms with Crippen molar-refractivity contribution in [2.45, 2.75) is 19.4 Å². The lowest BCUT2D eigenvalue weighted by atomic mass is 10.0. The summed E-state index contributed by atoms with van der Waals surface area (Å²) in [5.41, 5.74) is 2.99. The Hall–Kier alpha value is -3.14. The van der Waals surface area contributed by atoms with Crippen LogP contribution in [0.4, 0.5) is 4.79 Å². The van der Waals surface area contributed by atoms with Crippen LogP contribution in [0.1, 0.15) is 22.3 Å². The van der Waals surface area contributed by atoms with E-state index < -0.39 is 6.09 Å². The van der Waals surface area contributed by atoms with Gasteiger partial charge in [-0.05, 0) is 36.1 Å². The molecule has 1 aromatic heterocycles. The number of hydrogen-bond acceptors (Lipinski definition) is 5. The summed E-state index contributed by atoms with van der Waals surface area (Å²) in [6.45, 7) is 0.147. The molecule has 7 heteroatoms. The number of nitriles is 1. The molecule has 0 radical (unpaired) electrons. The van der Waals surface area contributed by atoms with Crippen molar-refractivity contribution in [1.29, 1.82) is 5.26 Å². The molecule has 3 rings (SSSR count). The van der Waals surface area contributed by atoms with E-state index in [1.807, 2.05) is 6.07 Å². The number of hydrogen-bond donors (Lipinski definition) is 1. The Kier molecular flexibility index (Phi) is 3.81. The first kappa shape index (κ1) is 14.8. The first-order valence-electron chi connectivity index (χ1n) is 7.01. The summed E-state index contributed by atoms with van der Waals surface area (Å²) in [6.07, 6.45) is 3.73. The Morgan fingerprint density at radius 1 is 1.52 bits per heavy atom. The number of benzene rings is 1. The molecule has 0 saturated heterocycles. The van der Waals surface area contributed by atoms with Crippen LogP contribution in [-0.4, -0.2) is 27.3 Å². The van der Waals surface area contributed by atoms with Crippen LogP contribution in [0.15, 0.2) is 24.5 Å². The van der Waals surface area contributed by atoms with Crippen LogP contribution >= 0.6 is 0 Å². The average molecular weight is 311 g/mol. The molecule has 0 fully saturated rings. The van der Waals surface area contributed by atoms with Crippen LogP contribution in [-0.2, 0) is 24.2 Å². The summed E-state index contributed by atoms with van der Waals surface area (Å²) in [7, 11) is 0. The fourth-order valence-electron chi connectivity index (χ4n) is 2.73. The van der Waals surface area contributed by atoms with Gasteiger partial charge in [0.2, 0.25) is 0 Å². The smallest absolute Gasteiger partial charge is 0.432 e. The van der Waals surface area contributed by atoms with Gasteiger partial charge in [-0.25, -0.2) is 4.79 Å². The zero-order chi connectivity index (χ0) is 16.4. The maximum atomic E-state index is 11.0. The molecule has 0 saturated carbocycles. The third-order valence-electron chi connectivity index (χ3n) is 3.81. The molecular formula is C16H13N3O4. The Morgan fingerprint density at radius 3 is 3.00 bits per heavy atom. The molecular weight excluding hydrogens is 298 g/mol. The summed E-state index contributed by atoms with van der Waals surface area (Å²) in [5, 5.41) is 21.7. The van der Waals surface area contributed by atoms with E-state index in [1.54, 1.807) is 6.07 Å². The van der Waals surface area contributed by atoms with E-state index in [9.17, 15) is 14.9 Å². The monoisotopic (exact) mass is 311 g/mol. The first-order valence-corrected chi connectivity index (χ1v) is 7.01. The Labute approximate surface area is 131 Å². The van der Waals surface area contributed by atoms with Gasteiger partial charge in [0.1, 0.15) is 18.6 Å². The molecule has 1 aliphatic rings. The minimum absolute atomic E-state index is 0.0823. The molecule has 0 bridgehead atoms. The minimum Gasteiger partial charge on any atom is -0.489 e. The molecule has 0 spiro atoms. The number of carboxylic acid groups (broad SMARTS) is 1. The van der Waals surface area contributed by atoms with Crippen molar-refractivity contribution < 1.29 is 19.4 Å². The molecule has 1 heterocycles. The predicted octanol–water partition coefficient (Wildman–Crippen LogP) is 1.77. The fraction of sp³-hybridized carbons (Fsp3) is 0.250. The average Bonchev–Trinajstić information content (AvgIpc) is 3.18. The molecule has 116 valence electrons. The molecule has 0 amide bonds. The molecule has 1 aliphatic carbocycles. The summed E-state index contributed by atoms with van der Waals surface area (Å²) in [4.78, 5) is 21.7. The standard InChI is InChI=1S/C16H13N3O4/c17-5-13-4-14(3-12-1-10(8-20)2-15(12)13)23-9-11-6-18-19(7-11)16(21)22/h3-4,6-8,10H,1-2,9H2,(H,21,22). The lowest BCUT2D eigenvalue weighted by Gasteiger charge is -2.08. The van der Waals surface area contributed by atoms with E-state index in [1.165, 1.54) is 12.4 Å². The Morgan fingerprint density at radius 2 is 2.35 bits per heavy atom. The zero-order valence-electron chi connectivity index (χ0n) is 12.1. The quantitative estimate of drug-likeness (QED) is 0.863. The number of aldehydes is 1. The van der Waals surface area contributed by atoms with E-state index in [0.717, 1.165) is 22.1 Å². The van der Waals surface area contributed by atoms with Gasteiger partial charge in [-0.3, -0.25) is 0 Å². The molecule has 1 N–H and O–H groups in total. The highest BCUT2D eigenvalue weighted by atomic mass is 16.5. The molecule has 1 atom stereocenters. The Balaban J connectivity index is 1.77. The summed E-state index contributed by atoms with van der Waals surface area (Å²) >= 11 is 0. The van der Waals surface area contributed by atoms with Gasteiger partial charge in [-0.2, -0.15) is 15.0 Å². The number of nitrogens with zero attached hydrogens (tertiary/aromatic N) is 3. The minimum atomic E-state index is -1.17. The fourth-order valence-corrected chi connectivity index (χ4v) is 2.73. The number of ether oxygens (including phenoxy) is 1. The maximum absolute atomic E-state index is 11.0. The van der Waals surface area contributed by atoms with Crippen LogP contribution in [0.5, 0.6) is 5.75 Å². The van der Waals surface area contributed by atoms with Crippen LogP contribution < -0.4 is 4.74 Å². The molecule has 23 heavy (non-hydrogen) atoms.